The van der Waals surface area contributed by atoms with Crippen LogP contribution >= 0.6 is 7.60 Å². The van der Waals surface area contributed by atoms with Crippen molar-refractivity contribution < 1.29 is 28.2 Å². The lowest BCUT2D eigenvalue weighted by Crippen LogP contribution is -2.38. The summed E-state index contributed by atoms with van der Waals surface area (Å²) < 4.78 is 33.7. The maximum atomic E-state index is 12.1. The molecule has 0 aromatic heterocycles. The van der Waals surface area contributed by atoms with E-state index in [0.29, 0.717) is 5.47 Å². The lowest BCUT2D eigenvalue weighted by atomic mass is 9.80. The standard InChI is InChI=1S/C15H25B2O6P/c1-20-12(10-8-6-5-7-9-10)14(22-3)13(21-2)11(16)15(17)24(18,19)23-4/h5-9,12-14H,16-17H2,1-4H3,(H,18,19)/b15-11-/t12-,13+,14-/m0/s1. The number of hydrogen-bond acceptors (Lipinski definition) is 5. The molecule has 0 fully saturated rings. The van der Waals surface area contributed by atoms with Crippen molar-refractivity contribution in [2.45, 2.75) is 18.3 Å². The fourth-order valence-corrected chi connectivity index (χ4v) is 3.48. The summed E-state index contributed by atoms with van der Waals surface area (Å²) in [5.74, 6) is 0. The Bertz CT molecular complexity index is 595. The molecule has 1 aromatic rings. The van der Waals surface area contributed by atoms with E-state index < -0.39 is 25.9 Å². The smallest absolute Gasteiger partial charge is 0.344 e. The first-order valence-corrected chi connectivity index (χ1v) is 9.11. The highest BCUT2D eigenvalue weighted by Gasteiger charge is 2.35. The van der Waals surface area contributed by atoms with E-state index in [2.05, 4.69) is 0 Å². The second-order valence-corrected chi connectivity index (χ2v) is 7.47. The molecule has 132 valence electrons. The molecule has 24 heavy (non-hydrogen) atoms. The van der Waals surface area contributed by atoms with E-state index in [0.717, 1.165) is 5.56 Å². The maximum Gasteiger partial charge on any atom is 0.344 e. The van der Waals surface area contributed by atoms with E-state index in [1.807, 2.05) is 30.3 Å². The molecule has 0 saturated carbocycles. The molecule has 0 heterocycles. The third-order valence-corrected chi connectivity index (χ3v) is 5.87. The Morgan fingerprint density at radius 2 is 1.62 bits per heavy atom. The Kier molecular flexibility index (Phi) is 8.43. The van der Waals surface area contributed by atoms with Crippen LogP contribution in [0.3, 0.4) is 0 Å². The highest BCUT2D eigenvalue weighted by molar-refractivity contribution is 7.60. The molecule has 4 atom stereocenters. The van der Waals surface area contributed by atoms with Crippen LogP contribution in [0, 0.1) is 0 Å². The molecule has 0 radical (unpaired) electrons. The summed E-state index contributed by atoms with van der Waals surface area (Å²) in [5, 5.41) is 0.238. The van der Waals surface area contributed by atoms with Crippen molar-refractivity contribution >= 4 is 23.3 Å². The molecule has 9 heteroatoms. The average Bonchev–Trinajstić information content (AvgIpc) is 2.61. The number of methoxy groups -OCH3 is 3. The number of rotatable bonds is 9. The van der Waals surface area contributed by atoms with E-state index in [1.54, 1.807) is 29.9 Å². The summed E-state index contributed by atoms with van der Waals surface area (Å²) in [6, 6.07) is 9.62. The molecular formula is C15H25B2O6P. The van der Waals surface area contributed by atoms with Gasteiger partial charge in [0, 0.05) is 28.4 Å². The summed E-state index contributed by atoms with van der Waals surface area (Å²) in [6.07, 6.45) is -1.48. The molecule has 6 nitrogen and oxygen atoms in total. The molecule has 1 N–H and O–H groups in total. The van der Waals surface area contributed by atoms with E-state index in [9.17, 15) is 9.46 Å². The van der Waals surface area contributed by atoms with Crippen molar-refractivity contribution in [2.24, 2.45) is 0 Å². The van der Waals surface area contributed by atoms with Gasteiger partial charge in [-0.05, 0) is 10.8 Å². The average molecular weight is 354 g/mol. The molecule has 0 amide bonds. The highest BCUT2D eigenvalue weighted by Crippen LogP contribution is 2.50. The van der Waals surface area contributed by atoms with E-state index >= 15 is 0 Å². The predicted octanol–water partition coefficient (Wildman–Crippen LogP) is 0.671. The summed E-state index contributed by atoms with van der Waals surface area (Å²) in [6.45, 7) is 0. The van der Waals surface area contributed by atoms with Crippen molar-refractivity contribution in [1.82, 2.24) is 0 Å². The normalized spacial score (nSPS) is 19.0. The van der Waals surface area contributed by atoms with Gasteiger partial charge in [0.15, 0.2) is 0 Å². The van der Waals surface area contributed by atoms with Gasteiger partial charge in [0.05, 0.1) is 6.10 Å². The first-order chi connectivity index (χ1) is 11.3. The van der Waals surface area contributed by atoms with Crippen LogP contribution in [-0.2, 0) is 23.3 Å². The van der Waals surface area contributed by atoms with Gasteiger partial charge in [0.25, 0.3) is 0 Å². The van der Waals surface area contributed by atoms with Crippen LogP contribution in [0.1, 0.15) is 11.7 Å². The van der Waals surface area contributed by atoms with Crippen molar-refractivity contribution in [1.29, 1.82) is 0 Å². The second kappa shape index (κ2) is 9.56. The fourth-order valence-electron chi connectivity index (χ4n) is 2.63. The third kappa shape index (κ3) is 4.82. The number of ether oxygens (including phenoxy) is 3. The topological polar surface area (TPSA) is 74.2 Å². The van der Waals surface area contributed by atoms with Gasteiger partial charge in [-0.3, -0.25) is 4.57 Å². The van der Waals surface area contributed by atoms with Gasteiger partial charge >= 0.3 is 7.60 Å². The minimum Gasteiger partial charge on any atom is -0.375 e. The summed E-state index contributed by atoms with van der Waals surface area (Å²) >= 11 is 0. The molecule has 0 aliphatic heterocycles. The molecule has 1 aromatic carbocycles. The molecular weight excluding hydrogens is 329 g/mol. The van der Waals surface area contributed by atoms with Crippen molar-refractivity contribution in [3.63, 3.8) is 0 Å². The summed E-state index contributed by atoms with van der Waals surface area (Å²) in [4.78, 5) is 9.92. The Labute approximate surface area is 145 Å². The van der Waals surface area contributed by atoms with Crippen LogP contribution < -0.4 is 0 Å². The fraction of sp³-hybridized carbons (Fsp3) is 0.467. The first-order valence-electron chi connectivity index (χ1n) is 7.53. The van der Waals surface area contributed by atoms with Crippen molar-refractivity contribution in [3.05, 3.63) is 46.6 Å². The van der Waals surface area contributed by atoms with Crippen molar-refractivity contribution in [3.8, 4) is 0 Å². The molecule has 1 unspecified atom stereocenters. The van der Waals surface area contributed by atoms with Gasteiger partial charge in [-0.1, -0.05) is 35.8 Å². The molecule has 0 aliphatic rings. The highest BCUT2D eigenvalue weighted by atomic mass is 31.2. The second-order valence-electron chi connectivity index (χ2n) is 5.40. The van der Waals surface area contributed by atoms with Crippen molar-refractivity contribution in [2.75, 3.05) is 28.4 Å². The minimum absolute atomic E-state index is 0.238. The largest absolute Gasteiger partial charge is 0.375 e. The van der Waals surface area contributed by atoms with Gasteiger partial charge < -0.3 is 23.6 Å². The Morgan fingerprint density at radius 1 is 1.04 bits per heavy atom. The Morgan fingerprint density at radius 3 is 2.04 bits per heavy atom. The zero-order valence-corrected chi connectivity index (χ0v) is 15.9. The van der Waals surface area contributed by atoms with Crippen LogP contribution in [0.4, 0.5) is 0 Å². The quantitative estimate of drug-likeness (QED) is 0.519. The third-order valence-electron chi connectivity index (χ3n) is 4.17. The number of hydrogen-bond donors (Lipinski definition) is 1. The SMILES string of the molecule is B/C(=C(/B)P(=O)(O)OC)[C@@H](OC)[C@@H](OC)[C@@H](OC)c1ccccc1. The zero-order valence-electron chi connectivity index (χ0n) is 15.1. The monoisotopic (exact) mass is 354 g/mol. The molecule has 1 rings (SSSR count). The lowest BCUT2D eigenvalue weighted by molar-refractivity contribution is -0.0949. The molecule has 0 bridgehead atoms. The first kappa shape index (κ1) is 21.2. The van der Waals surface area contributed by atoms with Crippen LogP contribution in [0.2, 0.25) is 0 Å². The van der Waals surface area contributed by atoms with Crippen LogP contribution in [0.5, 0.6) is 0 Å². The number of benzene rings is 1. The van der Waals surface area contributed by atoms with Crippen LogP contribution in [0.25, 0.3) is 0 Å². The summed E-state index contributed by atoms with van der Waals surface area (Å²) in [5.41, 5.74) is 1.51. The molecule has 0 saturated heterocycles. The van der Waals surface area contributed by atoms with E-state index in [1.165, 1.54) is 14.2 Å². The minimum atomic E-state index is -3.85. The lowest BCUT2D eigenvalue weighted by Gasteiger charge is -2.33. The molecule has 0 spiro atoms. The van der Waals surface area contributed by atoms with Gasteiger partial charge in [-0.15, -0.1) is 0 Å². The van der Waals surface area contributed by atoms with Gasteiger partial charge in [-0.2, -0.15) is 0 Å². The zero-order chi connectivity index (χ0) is 18.3. The van der Waals surface area contributed by atoms with Crippen LogP contribution in [-0.4, -0.2) is 61.2 Å². The van der Waals surface area contributed by atoms with Crippen LogP contribution in [0.15, 0.2) is 41.0 Å². The Hall–Kier alpha value is -0.880. The Balaban J connectivity index is 3.28. The summed E-state index contributed by atoms with van der Waals surface area (Å²) in [7, 11) is 5.33. The van der Waals surface area contributed by atoms with Gasteiger partial charge in [0.2, 0.25) is 0 Å². The predicted molar refractivity (Wildman–Crippen MR) is 98.7 cm³/mol. The van der Waals surface area contributed by atoms with Gasteiger partial charge in [-0.25, -0.2) is 0 Å². The maximum absolute atomic E-state index is 12.1. The van der Waals surface area contributed by atoms with Gasteiger partial charge in [0.1, 0.15) is 27.9 Å². The van der Waals surface area contributed by atoms with E-state index in [4.69, 9.17) is 18.7 Å². The van der Waals surface area contributed by atoms with E-state index in [-0.39, 0.29) is 5.21 Å². The molecule has 0 aliphatic carbocycles.